The number of methoxy groups -OCH3 is 3. The van der Waals surface area contributed by atoms with Crippen LogP contribution < -0.4 is 25.6 Å². The summed E-state index contributed by atoms with van der Waals surface area (Å²) in [6.07, 6.45) is 0.896. The fraction of sp³-hybridized carbons (Fsp3) is 0.500. The molecule has 1 aromatic carbocycles. The number of carbonyl (C=O) groups excluding carboxylic acids is 1. The number of hydrogen-bond donors (Lipinski definition) is 3. The Morgan fingerprint density at radius 3 is 2.50 bits per heavy atom. The second-order valence-electron chi connectivity index (χ2n) is 5.19. The Morgan fingerprint density at radius 1 is 1.17 bits per heavy atom. The van der Waals surface area contributed by atoms with E-state index in [1.54, 1.807) is 21.3 Å². The van der Waals surface area contributed by atoms with Crippen molar-refractivity contribution in [3.8, 4) is 11.5 Å². The van der Waals surface area contributed by atoms with Crippen LogP contribution in [0.5, 0.6) is 11.5 Å². The van der Waals surface area contributed by atoms with Crippen molar-refractivity contribution in [1.82, 2.24) is 16.2 Å². The monoisotopic (exact) mass is 355 g/mol. The molecular formula is C16H25N3O4S. The van der Waals surface area contributed by atoms with Gasteiger partial charge in [-0.3, -0.25) is 15.6 Å². The number of amides is 1. The summed E-state index contributed by atoms with van der Waals surface area (Å²) in [6.45, 7) is 2.45. The number of thiocarbonyl (C=S) groups is 1. The number of carbonyl (C=O) groups is 1. The van der Waals surface area contributed by atoms with Crippen molar-refractivity contribution in [2.24, 2.45) is 0 Å². The molecule has 0 unspecified atom stereocenters. The van der Waals surface area contributed by atoms with Crippen molar-refractivity contribution in [2.75, 3.05) is 27.9 Å². The van der Waals surface area contributed by atoms with Gasteiger partial charge >= 0.3 is 0 Å². The maximum absolute atomic E-state index is 11.9. The zero-order valence-electron chi connectivity index (χ0n) is 14.5. The first-order valence-corrected chi connectivity index (χ1v) is 7.96. The van der Waals surface area contributed by atoms with E-state index in [4.69, 9.17) is 26.4 Å². The van der Waals surface area contributed by atoms with Gasteiger partial charge in [0.15, 0.2) is 16.6 Å². The molecule has 0 bridgehead atoms. The van der Waals surface area contributed by atoms with Crippen LogP contribution in [0.15, 0.2) is 18.2 Å². The van der Waals surface area contributed by atoms with Crippen LogP contribution in [0.4, 0.5) is 0 Å². The molecule has 1 aromatic rings. The fourth-order valence-corrected chi connectivity index (χ4v) is 2.29. The van der Waals surface area contributed by atoms with E-state index in [9.17, 15) is 4.79 Å². The molecule has 0 saturated carbocycles. The van der Waals surface area contributed by atoms with Crippen molar-refractivity contribution >= 4 is 23.2 Å². The molecule has 0 aliphatic carbocycles. The van der Waals surface area contributed by atoms with Gasteiger partial charge in [0, 0.05) is 19.6 Å². The van der Waals surface area contributed by atoms with Crippen molar-refractivity contribution in [1.29, 1.82) is 0 Å². The number of ether oxygens (including phenoxy) is 3. The molecule has 1 amide bonds. The van der Waals surface area contributed by atoms with E-state index in [1.165, 1.54) is 0 Å². The number of nitrogens with one attached hydrogen (secondary N) is 3. The van der Waals surface area contributed by atoms with Crippen LogP contribution >= 0.6 is 12.2 Å². The highest BCUT2D eigenvalue weighted by molar-refractivity contribution is 7.80. The van der Waals surface area contributed by atoms with E-state index in [-0.39, 0.29) is 11.9 Å². The zero-order chi connectivity index (χ0) is 17.9. The van der Waals surface area contributed by atoms with Crippen LogP contribution in [0.25, 0.3) is 0 Å². The first-order valence-electron chi connectivity index (χ1n) is 7.55. The van der Waals surface area contributed by atoms with Crippen LogP contribution in [0.1, 0.15) is 18.9 Å². The Balaban J connectivity index is 2.37. The average Bonchev–Trinajstić information content (AvgIpc) is 2.57. The van der Waals surface area contributed by atoms with Gasteiger partial charge in [0.25, 0.3) is 0 Å². The molecule has 1 atom stereocenters. The number of rotatable bonds is 8. The Hall–Kier alpha value is -2.06. The third-order valence-electron chi connectivity index (χ3n) is 3.20. The van der Waals surface area contributed by atoms with Crippen LogP contribution in [-0.4, -0.2) is 45.0 Å². The third kappa shape index (κ3) is 7.01. The SMILES string of the molecule is COC[C@H](C)NC(=S)NNC(=O)CCc1ccc(OC)c(OC)c1. The highest BCUT2D eigenvalue weighted by atomic mass is 32.1. The lowest BCUT2D eigenvalue weighted by Gasteiger charge is -2.16. The molecule has 0 aliphatic rings. The molecule has 0 fully saturated rings. The van der Waals surface area contributed by atoms with E-state index >= 15 is 0 Å². The molecule has 0 aromatic heterocycles. The minimum atomic E-state index is -0.159. The summed E-state index contributed by atoms with van der Waals surface area (Å²) in [5, 5.41) is 3.33. The van der Waals surface area contributed by atoms with Crippen molar-refractivity contribution in [3.63, 3.8) is 0 Å². The summed E-state index contributed by atoms with van der Waals surface area (Å²) < 4.78 is 15.4. The van der Waals surface area contributed by atoms with Gasteiger partial charge in [0.2, 0.25) is 5.91 Å². The normalized spacial score (nSPS) is 11.3. The minimum absolute atomic E-state index is 0.0543. The smallest absolute Gasteiger partial charge is 0.238 e. The van der Waals surface area contributed by atoms with Gasteiger partial charge in [-0.2, -0.15) is 0 Å². The summed E-state index contributed by atoms with van der Waals surface area (Å²) in [7, 11) is 4.78. The molecule has 0 saturated heterocycles. The topological polar surface area (TPSA) is 80.9 Å². The highest BCUT2D eigenvalue weighted by Crippen LogP contribution is 2.27. The van der Waals surface area contributed by atoms with Gasteiger partial charge in [-0.1, -0.05) is 6.07 Å². The number of hydrogen-bond acceptors (Lipinski definition) is 5. The predicted molar refractivity (Wildman–Crippen MR) is 96.2 cm³/mol. The Bertz CT molecular complexity index is 554. The average molecular weight is 355 g/mol. The van der Waals surface area contributed by atoms with Gasteiger partial charge in [-0.15, -0.1) is 0 Å². The van der Waals surface area contributed by atoms with Crippen LogP contribution in [-0.2, 0) is 16.0 Å². The lowest BCUT2D eigenvalue weighted by atomic mass is 10.1. The summed E-state index contributed by atoms with van der Waals surface area (Å²) in [6, 6.07) is 5.64. The standard InChI is InChI=1S/C16H25N3O4S/c1-11(10-21-2)17-16(24)19-18-15(20)8-6-12-5-7-13(22-3)14(9-12)23-4/h5,7,9,11H,6,8,10H2,1-4H3,(H,18,20)(H2,17,19,24)/t11-/m0/s1. The molecule has 0 heterocycles. The molecule has 3 N–H and O–H groups in total. The maximum Gasteiger partial charge on any atom is 0.238 e. The van der Waals surface area contributed by atoms with Gasteiger partial charge in [-0.25, -0.2) is 0 Å². The molecule has 0 radical (unpaired) electrons. The first kappa shape index (κ1) is 20.0. The van der Waals surface area contributed by atoms with E-state index < -0.39 is 0 Å². The summed E-state index contributed by atoms with van der Waals surface area (Å²) >= 11 is 5.08. The van der Waals surface area contributed by atoms with Gasteiger partial charge in [0.1, 0.15) is 0 Å². The lowest BCUT2D eigenvalue weighted by Crippen LogP contribution is -2.50. The van der Waals surface area contributed by atoms with E-state index in [0.29, 0.717) is 36.1 Å². The predicted octanol–water partition coefficient (Wildman–Crippen LogP) is 1.17. The number of aryl methyl sites for hydroxylation is 1. The zero-order valence-corrected chi connectivity index (χ0v) is 15.3. The van der Waals surface area contributed by atoms with E-state index in [2.05, 4.69) is 16.2 Å². The molecule has 7 nitrogen and oxygen atoms in total. The van der Waals surface area contributed by atoms with Crippen molar-refractivity contribution in [3.05, 3.63) is 23.8 Å². The Morgan fingerprint density at radius 2 is 1.88 bits per heavy atom. The van der Waals surface area contributed by atoms with E-state index in [0.717, 1.165) is 5.56 Å². The Kier molecular flexibility index (Phi) is 8.88. The summed E-state index contributed by atoms with van der Waals surface area (Å²) in [4.78, 5) is 11.9. The molecule has 24 heavy (non-hydrogen) atoms. The lowest BCUT2D eigenvalue weighted by molar-refractivity contribution is -0.121. The minimum Gasteiger partial charge on any atom is -0.493 e. The number of hydrazine groups is 1. The molecule has 8 heteroatoms. The molecular weight excluding hydrogens is 330 g/mol. The van der Waals surface area contributed by atoms with Gasteiger partial charge in [-0.05, 0) is 43.3 Å². The van der Waals surface area contributed by atoms with Gasteiger partial charge in [0.05, 0.1) is 20.8 Å². The van der Waals surface area contributed by atoms with E-state index in [1.807, 2.05) is 25.1 Å². The highest BCUT2D eigenvalue weighted by Gasteiger charge is 2.08. The molecule has 1 rings (SSSR count). The van der Waals surface area contributed by atoms with Crippen LogP contribution in [0, 0.1) is 0 Å². The summed E-state index contributed by atoms with van der Waals surface area (Å²) in [5.74, 6) is 1.15. The Labute approximate surface area is 148 Å². The summed E-state index contributed by atoms with van der Waals surface area (Å²) in [5.41, 5.74) is 6.21. The fourth-order valence-electron chi connectivity index (χ4n) is 2.03. The third-order valence-corrected chi connectivity index (χ3v) is 3.42. The second-order valence-corrected chi connectivity index (χ2v) is 5.60. The quantitative estimate of drug-likeness (QED) is 0.477. The van der Waals surface area contributed by atoms with Crippen LogP contribution in [0.2, 0.25) is 0 Å². The van der Waals surface area contributed by atoms with Crippen molar-refractivity contribution < 1.29 is 19.0 Å². The number of benzene rings is 1. The molecule has 0 aliphatic heterocycles. The molecule has 0 spiro atoms. The van der Waals surface area contributed by atoms with Crippen molar-refractivity contribution in [2.45, 2.75) is 25.8 Å². The maximum atomic E-state index is 11.9. The van der Waals surface area contributed by atoms with Gasteiger partial charge < -0.3 is 19.5 Å². The second kappa shape index (κ2) is 10.7. The largest absolute Gasteiger partial charge is 0.493 e. The van der Waals surface area contributed by atoms with Crippen LogP contribution in [0.3, 0.4) is 0 Å². The molecule has 134 valence electrons. The first-order chi connectivity index (χ1) is 11.5.